The molecule has 11 heteroatoms. The van der Waals surface area contributed by atoms with E-state index in [1.54, 1.807) is 16.1 Å². The highest BCUT2D eigenvalue weighted by Crippen LogP contribution is 2.24. The van der Waals surface area contributed by atoms with Crippen LogP contribution in [0.3, 0.4) is 0 Å². The van der Waals surface area contributed by atoms with Gasteiger partial charge in [0, 0.05) is 26.2 Å². The molecule has 10 nitrogen and oxygen atoms in total. The zero-order valence-electron chi connectivity index (χ0n) is 16.4. The SMILES string of the molecule is CCCS(=O)(=O)N1CCN(c2ncnc3c2nnn3-c2ccc(OC)cc2)CC1. The van der Waals surface area contributed by atoms with Crippen LogP contribution in [0.1, 0.15) is 13.3 Å². The van der Waals surface area contributed by atoms with Gasteiger partial charge in [-0.1, -0.05) is 12.1 Å². The lowest BCUT2D eigenvalue weighted by Gasteiger charge is -2.34. The highest BCUT2D eigenvalue weighted by Gasteiger charge is 2.28. The van der Waals surface area contributed by atoms with Crippen LogP contribution >= 0.6 is 0 Å². The van der Waals surface area contributed by atoms with Gasteiger partial charge >= 0.3 is 0 Å². The van der Waals surface area contributed by atoms with E-state index >= 15 is 0 Å². The molecule has 0 saturated carbocycles. The third-order valence-electron chi connectivity index (χ3n) is 4.93. The van der Waals surface area contributed by atoms with E-state index in [2.05, 4.69) is 20.3 Å². The molecule has 0 atom stereocenters. The van der Waals surface area contributed by atoms with Crippen LogP contribution in [0.5, 0.6) is 5.75 Å². The number of hydrogen-bond acceptors (Lipinski definition) is 8. The molecule has 154 valence electrons. The van der Waals surface area contributed by atoms with Gasteiger partial charge in [0.1, 0.15) is 12.1 Å². The van der Waals surface area contributed by atoms with Crippen molar-refractivity contribution >= 4 is 27.0 Å². The smallest absolute Gasteiger partial charge is 0.214 e. The molecule has 0 spiro atoms. The standard InChI is InChI=1S/C18H23N7O3S/c1-3-12-29(26,27)24-10-8-23(9-11-24)17-16-18(20-13-19-17)25(22-21-16)14-4-6-15(28-2)7-5-14/h4-7,13H,3,8-12H2,1-2H3. The van der Waals surface area contributed by atoms with Gasteiger partial charge in [0.05, 0.1) is 18.6 Å². The summed E-state index contributed by atoms with van der Waals surface area (Å²) < 4.78 is 33.0. The molecule has 3 heterocycles. The van der Waals surface area contributed by atoms with Crippen LogP contribution in [0.25, 0.3) is 16.9 Å². The summed E-state index contributed by atoms with van der Waals surface area (Å²) in [5.41, 5.74) is 2.00. The largest absolute Gasteiger partial charge is 0.497 e. The van der Waals surface area contributed by atoms with E-state index in [0.717, 1.165) is 11.4 Å². The number of methoxy groups -OCH3 is 1. The van der Waals surface area contributed by atoms with E-state index in [0.29, 0.717) is 49.6 Å². The summed E-state index contributed by atoms with van der Waals surface area (Å²) in [6.45, 7) is 3.83. The van der Waals surface area contributed by atoms with Gasteiger partial charge in [0.15, 0.2) is 17.0 Å². The fourth-order valence-corrected chi connectivity index (χ4v) is 4.92. The summed E-state index contributed by atoms with van der Waals surface area (Å²) in [4.78, 5) is 10.8. The second-order valence-electron chi connectivity index (χ2n) is 6.77. The lowest BCUT2D eigenvalue weighted by atomic mass is 10.3. The maximum Gasteiger partial charge on any atom is 0.214 e. The van der Waals surface area contributed by atoms with Crippen molar-refractivity contribution in [3.63, 3.8) is 0 Å². The Kier molecular flexibility index (Phi) is 5.33. The number of fused-ring (bicyclic) bond motifs is 1. The van der Waals surface area contributed by atoms with E-state index in [1.165, 1.54) is 6.33 Å². The van der Waals surface area contributed by atoms with Gasteiger partial charge in [-0.2, -0.15) is 8.99 Å². The van der Waals surface area contributed by atoms with Crippen molar-refractivity contribution in [2.75, 3.05) is 43.9 Å². The summed E-state index contributed by atoms with van der Waals surface area (Å²) in [5.74, 6) is 1.60. The molecule has 0 amide bonds. The van der Waals surface area contributed by atoms with Gasteiger partial charge < -0.3 is 9.64 Å². The van der Waals surface area contributed by atoms with Crippen molar-refractivity contribution in [1.29, 1.82) is 0 Å². The number of ether oxygens (including phenoxy) is 1. The Morgan fingerprint density at radius 2 is 1.79 bits per heavy atom. The predicted molar refractivity (Wildman–Crippen MR) is 109 cm³/mol. The van der Waals surface area contributed by atoms with Crippen LogP contribution in [0.2, 0.25) is 0 Å². The number of anilines is 1. The van der Waals surface area contributed by atoms with Crippen molar-refractivity contribution in [1.82, 2.24) is 29.3 Å². The fourth-order valence-electron chi connectivity index (χ4n) is 3.43. The van der Waals surface area contributed by atoms with E-state index in [9.17, 15) is 8.42 Å². The number of nitrogens with zero attached hydrogens (tertiary/aromatic N) is 7. The van der Waals surface area contributed by atoms with Crippen LogP contribution in [0.15, 0.2) is 30.6 Å². The first-order valence-corrected chi connectivity index (χ1v) is 11.1. The number of sulfonamides is 1. The molecular formula is C18H23N7O3S. The molecule has 0 radical (unpaired) electrons. The van der Waals surface area contributed by atoms with E-state index in [-0.39, 0.29) is 5.75 Å². The van der Waals surface area contributed by atoms with Gasteiger partial charge in [-0.05, 0) is 30.7 Å². The maximum atomic E-state index is 12.3. The molecule has 2 aromatic heterocycles. The van der Waals surface area contributed by atoms with E-state index in [1.807, 2.05) is 36.1 Å². The Morgan fingerprint density at radius 1 is 1.07 bits per heavy atom. The first kappa shape index (κ1) is 19.5. The third-order valence-corrected chi connectivity index (χ3v) is 7.01. The summed E-state index contributed by atoms with van der Waals surface area (Å²) in [5, 5.41) is 8.54. The second-order valence-corrected chi connectivity index (χ2v) is 8.86. The zero-order valence-corrected chi connectivity index (χ0v) is 17.2. The van der Waals surface area contributed by atoms with Crippen molar-refractivity contribution in [2.24, 2.45) is 0 Å². The van der Waals surface area contributed by atoms with Gasteiger partial charge in [0.2, 0.25) is 10.0 Å². The average molecular weight is 417 g/mol. The monoisotopic (exact) mass is 417 g/mol. The molecule has 0 N–H and O–H groups in total. The Morgan fingerprint density at radius 3 is 2.45 bits per heavy atom. The van der Waals surface area contributed by atoms with Crippen LogP contribution in [0, 0.1) is 0 Å². The summed E-state index contributed by atoms with van der Waals surface area (Å²) in [7, 11) is -1.57. The molecule has 1 aliphatic heterocycles. The van der Waals surface area contributed by atoms with Crippen LogP contribution in [-0.4, -0.2) is 76.7 Å². The number of hydrogen-bond donors (Lipinski definition) is 0. The predicted octanol–water partition coefficient (Wildman–Crippen LogP) is 1.08. The minimum absolute atomic E-state index is 0.181. The number of aromatic nitrogens is 5. The van der Waals surface area contributed by atoms with Crippen molar-refractivity contribution in [3.05, 3.63) is 30.6 Å². The second kappa shape index (κ2) is 7.91. The average Bonchev–Trinajstić information content (AvgIpc) is 3.18. The molecule has 1 fully saturated rings. The first-order valence-electron chi connectivity index (χ1n) is 9.47. The van der Waals surface area contributed by atoms with E-state index < -0.39 is 10.0 Å². The van der Waals surface area contributed by atoms with Crippen molar-refractivity contribution in [2.45, 2.75) is 13.3 Å². The summed E-state index contributed by atoms with van der Waals surface area (Å²) >= 11 is 0. The van der Waals surface area contributed by atoms with Crippen molar-refractivity contribution < 1.29 is 13.2 Å². The fraction of sp³-hybridized carbons (Fsp3) is 0.444. The third kappa shape index (κ3) is 3.75. The topological polar surface area (TPSA) is 106 Å². The molecular weight excluding hydrogens is 394 g/mol. The lowest BCUT2D eigenvalue weighted by molar-refractivity contribution is 0.384. The molecule has 0 unspecified atom stereocenters. The van der Waals surface area contributed by atoms with Crippen LogP contribution in [0.4, 0.5) is 5.82 Å². The number of benzene rings is 1. The molecule has 1 aromatic carbocycles. The minimum atomic E-state index is -3.19. The first-order chi connectivity index (χ1) is 14.0. The molecule has 4 rings (SSSR count). The van der Waals surface area contributed by atoms with Gasteiger partial charge in [-0.25, -0.2) is 18.4 Å². The highest BCUT2D eigenvalue weighted by atomic mass is 32.2. The normalized spacial score (nSPS) is 15.7. The van der Waals surface area contributed by atoms with Gasteiger partial charge in [0.25, 0.3) is 0 Å². The van der Waals surface area contributed by atoms with E-state index in [4.69, 9.17) is 4.74 Å². The maximum absolute atomic E-state index is 12.3. The summed E-state index contributed by atoms with van der Waals surface area (Å²) in [6, 6.07) is 7.46. The molecule has 3 aromatic rings. The van der Waals surface area contributed by atoms with Crippen LogP contribution < -0.4 is 9.64 Å². The number of piperazine rings is 1. The molecule has 0 aliphatic carbocycles. The van der Waals surface area contributed by atoms with Crippen molar-refractivity contribution in [3.8, 4) is 11.4 Å². The lowest BCUT2D eigenvalue weighted by Crippen LogP contribution is -2.49. The number of rotatable bonds is 6. The molecule has 1 aliphatic rings. The highest BCUT2D eigenvalue weighted by molar-refractivity contribution is 7.89. The molecule has 1 saturated heterocycles. The minimum Gasteiger partial charge on any atom is -0.497 e. The molecule has 0 bridgehead atoms. The molecule has 29 heavy (non-hydrogen) atoms. The summed E-state index contributed by atoms with van der Waals surface area (Å²) in [6.07, 6.45) is 2.10. The Hall–Kier alpha value is -2.79. The van der Waals surface area contributed by atoms with Gasteiger partial charge in [-0.15, -0.1) is 5.10 Å². The Bertz CT molecular complexity index is 1090. The Labute approximate surface area is 169 Å². The van der Waals surface area contributed by atoms with Gasteiger partial charge in [-0.3, -0.25) is 0 Å². The Balaban J connectivity index is 1.59. The van der Waals surface area contributed by atoms with Crippen LogP contribution in [-0.2, 0) is 10.0 Å². The zero-order chi connectivity index (χ0) is 20.4. The quantitative estimate of drug-likeness (QED) is 0.587.